The van der Waals surface area contributed by atoms with Crippen molar-refractivity contribution in [2.24, 2.45) is 0 Å². The number of alkyl halides is 3. The van der Waals surface area contributed by atoms with Gasteiger partial charge in [-0.3, -0.25) is 4.90 Å². The Morgan fingerprint density at radius 1 is 1.11 bits per heavy atom. The molecule has 9 heteroatoms. The number of aldehydes is 1. The minimum atomic E-state index is -4.37. The van der Waals surface area contributed by atoms with E-state index in [2.05, 4.69) is 52.8 Å². The van der Waals surface area contributed by atoms with Gasteiger partial charge in [0, 0.05) is 35.9 Å². The molecule has 1 aliphatic rings. The molecule has 0 bridgehead atoms. The first-order chi connectivity index (χ1) is 17.7. The molecular weight excluding hydrogens is 496 g/mol. The number of nitrogens with zero attached hydrogens (tertiary/aromatic N) is 2. The number of rotatable bonds is 8. The summed E-state index contributed by atoms with van der Waals surface area (Å²) in [5.41, 5.74) is 2.57. The predicted octanol–water partition coefficient (Wildman–Crippen LogP) is 5.11. The molecule has 196 valence electrons. The molecule has 2 heterocycles. The first kappa shape index (κ1) is 27.0. The van der Waals surface area contributed by atoms with Crippen molar-refractivity contribution >= 4 is 41.8 Å². The standard InChI is InChI=1S/C28H32F3N4OP/c1-37(2)24-10-8-21(9-11-24)32-14-4-5-23-19-25-26(33-22-12-15-34(16-13-22)17-18-36)6-3-7-27(25)35(23)20-28(29,30)31/h3,6-11,18-19,22,32-33H,12-17,20H2,1-2H3. The Bertz CT molecular complexity index is 1270. The summed E-state index contributed by atoms with van der Waals surface area (Å²) in [4.78, 5) is 12.9. The zero-order valence-corrected chi connectivity index (χ0v) is 22.0. The second-order valence-electron chi connectivity index (χ2n) is 9.45. The van der Waals surface area contributed by atoms with E-state index in [-0.39, 0.29) is 14.0 Å². The molecule has 0 aliphatic carbocycles. The maximum absolute atomic E-state index is 13.5. The zero-order chi connectivity index (χ0) is 26.4. The van der Waals surface area contributed by atoms with Gasteiger partial charge in [0.25, 0.3) is 0 Å². The number of anilines is 2. The third kappa shape index (κ3) is 7.28. The molecular formula is C28H32F3N4OP. The lowest BCUT2D eigenvalue weighted by Gasteiger charge is -2.31. The summed E-state index contributed by atoms with van der Waals surface area (Å²) in [6.07, 6.45) is -1.72. The lowest BCUT2D eigenvalue weighted by Crippen LogP contribution is -2.39. The van der Waals surface area contributed by atoms with E-state index in [1.807, 2.05) is 18.2 Å². The Kier molecular flexibility index (Phi) is 8.79. The van der Waals surface area contributed by atoms with Crippen LogP contribution in [0.4, 0.5) is 24.5 Å². The van der Waals surface area contributed by atoms with Crippen LogP contribution in [0.5, 0.6) is 0 Å². The minimum Gasteiger partial charge on any atom is -0.382 e. The molecule has 0 unspecified atom stereocenters. The van der Waals surface area contributed by atoms with Crippen LogP contribution in [-0.2, 0) is 11.3 Å². The summed E-state index contributed by atoms with van der Waals surface area (Å²) >= 11 is 0. The molecule has 0 spiro atoms. The lowest BCUT2D eigenvalue weighted by molar-refractivity contribution is -0.140. The van der Waals surface area contributed by atoms with E-state index < -0.39 is 12.7 Å². The van der Waals surface area contributed by atoms with Gasteiger partial charge in [0.15, 0.2) is 0 Å². The molecule has 4 rings (SSSR count). The van der Waals surface area contributed by atoms with Gasteiger partial charge in [-0.2, -0.15) is 13.2 Å². The van der Waals surface area contributed by atoms with Gasteiger partial charge in [0.2, 0.25) is 0 Å². The number of fused-ring (bicyclic) bond motifs is 1. The van der Waals surface area contributed by atoms with Crippen molar-refractivity contribution in [3.05, 3.63) is 54.2 Å². The van der Waals surface area contributed by atoms with Crippen molar-refractivity contribution in [3.8, 4) is 11.8 Å². The molecule has 1 aromatic heterocycles. The lowest BCUT2D eigenvalue weighted by atomic mass is 10.0. The predicted molar refractivity (Wildman–Crippen MR) is 147 cm³/mol. The molecule has 2 N–H and O–H groups in total. The fourth-order valence-electron chi connectivity index (χ4n) is 4.61. The van der Waals surface area contributed by atoms with E-state index in [1.54, 1.807) is 18.2 Å². The quantitative estimate of drug-likeness (QED) is 0.243. The summed E-state index contributed by atoms with van der Waals surface area (Å²) in [5, 5.41) is 8.78. The van der Waals surface area contributed by atoms with Crippen LogP contribution in [-0.4, -0.2) is 67.5 Å². The van der Waals surface area contributed by atoms with E-state index in [4.69, 9.17) is 0 Å². The van der Waals surface area contributed by atoms with Crippen molar-refractivity contribution in [1.29, 1.82) is 0 Å². The highest BCUT2D eigenvalue weighted by molar-refractivity contribution is 7.64. The van der Waals surface area contributed by atoms with Crippen LogP contribution < -0.4 is 15.9 Å². The highest BCUT2D eigenvalue weighted by Crippen LogP contribution is 2.31. The van der Waals surface area contributed by atoms with E-state index in [9.17, 15) is 18.0 Å². The van der Waals surface area contributed by atoms with Crippen LogP contribution in [0.1, 0.15) is 18.5 Å². The summed E-state index contributed by atoms with van der Waals surface area (Å²) in [6.45, 7) is 5.68. The van der Waals surface area contributed by atoms with Crippen LogP contribution in [0.15, 0.2) is 48.5 Å². The zero-order valence-electron chi connectivity index (χ0n) is 21.1. The van der Waals surface area contributed by atoms with Gasteiger partial charge in [0.05, 0.1) is 24.3 Å². The Balaban J connectivity index is 1.53. The Labute approximate surface area is 217 Å². The monoisotopic (exact) mass is 528 g/mol. The van der Waals surface area contributed by atoms with Crippen LogP contribution >= 0.6 is 7.92 Å². The molecule has 0 atom stereocenters. The molecule has 1 aliphatic heterocycles. The number of hydrogen-bond acceptors (Lipinski definition) is 4. The smallest absolute Gasteiger partial charge is 0.382 e. The van der Waals surface area contributed by atoms with Crippen molar-refractivity contribution in [1.82, 2.24) is 9.47 Å². The summed E-state index contributed by atoms with van der Waals surface area (Å²) in [6, 6.07) is 15.5. The average Bonchev–Trinajstić information content (AvgIpc) is 3.20. The van der Waals surface area contributed by atoms with E-state index in [0.29, 0.717) is 24.3 Å². The maximum Gasteiger partial charge on any atom is 0.406 e. The fraction of sp³-hybridized carbons (Fsp3) is 0.393. The Morgan fingerprint density at radius 2 is 1.84 bits per heavy atom. The SMILES string of the molecule is CP(C)c1ccc(NCC#Cc2cc3c(NC4CCN(CC=O)CC4)cccc3n2CC(F)(F)F)cc1. The van der Waals surface area contributed by atoms with E-state index >= 15 is 0 Å². The third-order valence-corrected chi connectivity index (χ3v) is 7.88. The number of nitrogens with one attached hydrogen (secondary N) is 2. The van der Waals surface area contributed by atoms with Gasteiger partial charge >= 0.3 is 6.18 Å². The number of halogens is 3. The van der Waals surface area contributed by atoms with Gasteiger partial charge < -0.3 is 20.0 Å². The van der Waals surface area contributed by atoms with E-state index in [1.165, 1.54) is 9.87 Å². The molecule has 2 aromatic carbocycles. The number of piperidine rings is 1. The van der Waals surface area contributed by atoms with Gasteiger partial charge in [-0.25, -0.2) is 0 Å². The molecule has 5 nitrogen and oxygen atoms in total. The van der Waals surface area contributed by atoms with Crippen molar-refractivity contribution < 1.29 is 18.0 Å². The number of carbonyl (C=O) groups is 1. The van der Waals surface area contributed by atoms with Crippen LogP contribution in [0.3, 0.4) is 0 Å². The minimum absolute atomic E-state index is 0.163. The number of carbonyl (C=O) groups excluding carboxylic acids is 1. The van der Waals surface area contributed by atoms with Crippen LogP contribution in [0.2, 0.25) is 0 Å². The molecule has 0 saturated carbocycles. The van der Waals surface area contributed by atoms with Crippen molar-refractivity contribution in [2.45, 2.75) is 31.6 Å². The second kappa shape index (κ2) is 12.0. The van der Waals surface area contributed by atoms with Crippen molar-refractivity contribution in [2.75, 3.05) is 50.1 Å². The van der Waals surface area contributed by atoms with Gasteiger partial charge in [-0.05, 0) is 67.7 Å². The van der Waals surface area contributed by atoms with Gasteiger partial charge in [-0.1, -0.05) is 32.0 Å². The van der Waals surface area contributed by atoms with E-state index in [0.717, 1.165) is 49.0 Å². The largest absolute Gasteiger partial charge is 0.406 e. The van der Waals surface area contributed by atoms with Gasteiger partial charge in [-0.15, -0.1) is 0 Å². The Hall–Kier alpha value is -3.01. The first-order valence-electron chi connectivity index (χ1n) is 12.3. The average molecular weight is 529 g/mol. The number of hydrogen-bond donors (Lipinski definition) is 2. The second-order valence-corrected chi connectivity index (χ2v) is 11.8. The fourth-order valence-corrected chi connectivity index (χ4v) is 5.35. The number of benzene rings is 2. The maximum atomic E-state index is 13.5. The third-order valence-electron chi connectivity index (χ3n) is 6.54. The molecule has 1 fully saturated rings. The molecule has 1 saturated heterocycles. The highest BCUT2D eigenvalue weighted by Gasteiger charge is 2.30. The molecule has 37 heavy (non-hydrogen) atoms. The first-order valence-corrected chi connectivity index (χ1v) is 14.6. The Morgan fingerprint density at radius 3 is 2.49 bits per heavy atom. The van der Waals surface area contributed by atoms with Crippen LogP contribution in [0.25, 0.3) is 10.9 Å². The number of likely N-dealkylation sites (tertiary alicyclic amines) is 1. The van der Waals surface area contributed by atoms with Gasteiger partial charge in [0.1, 0.15) is 12.8 Å². The van der Waals surface area contributed by atoms with Crippen LogP contribution in [0, 0.1) is 11.8 Å². The molecule has 3 aromatic rings. The topological polar surface area (TPSA) is 49.3 Å². The summed E-state index contributed by atoms with van der Waals surface area (Å²) in [5.74, 6) is 5.95. The highest BCUT2D eigenvalue weighted by atomic mass is 31.1. The van der Waals surface area contributed by atoms with Crippen molar-refractivity contribution in [3.63, 3.8) is 0 Å². The molecule has 0 amide bonds. The summed E-state index contributed by atoms with van der Waals surface area (Å²) in [7, 11) is -0.163. The number of aromatic nitrogens is 1. The molecule has 0 radical (unpaired) electrons. The normalized spacial score (nSPS) is 15.0. The summed E-state index contributed by atoms with van der Waals surface area (Å²) < 4.78 is 41.7.